The molecule has 20 heavy (non-hydrogen) atoms. The van der Waals surface area contributed by atoms with Gasteiger partial charge in [-0.2, -0.15) is 0 Å². The number of anilines is 1. The van der Waals surface area contributed by atoms with E-state index >= 15 is 0 Å². The van der Waals surface area contributed by atoms with Gasteiger partial charge in [0.1, 0.15) is 5.82 Å². The van der Waals surface area contributed by atoms with Crippen LogP contribution >= 0.6 is 0 Å². The zero-order chi connectivity index (χ0) is 14.4. The molecule has 1 aromatic heterocycles. The fourth-order valence-electron chi connectivity index (χ4n) is 2.51. The van der Waals surface area contributed by atoms with Crippen LogP contribution < -0.4 is 10.2 Å². The highest BCUT2D eigenvalue weighted by molar-refractivity contribution is 5.36. The van der Waals surface area contributed by atoms with Crippen molar-refractivity contribution in [2.24, 2.45) is 5.92 Å². The maximum Gasteiger partial charge on any atom is 0.147 e. The molecule has 0 aromatic carbocycles. The Labute approximate surface area is 121 Å². The Balaban J connectivity index is 1.91. The van der Waals surface area contributed by atoms with Gasteiger partial charge in [0.15, 0.2) is 0 Å². The highest BCUT2D eigenvalue weighted by Gasteiger charge is 2.20. The summed E-state index contributed by atoms with van der Waals surface area (Å²) < 4.78 is 5.24. The lowest BCUT2D eigenvalue weighted by Gasteiger charge is -2.32. The third kappa shape index (κ3) is 4.42. The van der Waals surface area contributed by atoms with E-state index in [2.05, 4.69) is 29.0 Å². The molecule has 1 saturated heterocycles. The van der Waals surface area contributed by atoms with Crippen molar-refractivity contribution in [1.29, 1.82) is 0 Å². The van der Waals surface area contributed by atoms with Gasteiger partial charge in [-0.25, -0.2) is 4.98 Å². The Kier molecular flexibility index (Phi) is 5.73. The minimum Gasteiger partial charge on any atom is -0.384 e. The molecule has 1 aliphatic heterocycles. The number of hydrogen-bond acceptors (Lipinski definition) is 5. The van der Waals surface area contributed by atoms with Crippen molar-refractivity contribution >= 4 is 5.82 Å². The summed E-state index contributed by atoms with van der Waals surface area (Å²) in [6.45, 7) is 8.01. The Bertz CT molecular complexity index is 403. The van der Waals surface area contributed by atoms with E-state index < -0.39 is 0 Å². The van der Waals surface area contributed by atoms with Gasteiger partial charge in [0, 0.05) is 45.6 Å². The Hall–Kier alpha value is -1.20. The van der Waals surface area contributed by atoms with Crippen molar-refractivity contribution in [3.05, 3.63) is 18.1 Å². The van der Waals surface area contributed by atoms with E-state index in [1.54, 1.807) is 7.11 Å². The van der Waals surface area contributed by atoms with Gasteiger partial charge in [-0.15, -0.1) is 0 Å². The second kappa shape index (κ2) is 7.55. The van der Waals surface area contributed by atoms with E-state index in [0.29, 0.717) is 12.0 Å². The predicted octanol–water partition coefficient (Wildman–Crippen LogP) is 1.84. The van der Waals surface area contributed by atoms with Crippen LogP contribution in [0.5, 0.6) is 0 Å². The van der Waals surface area contributed by atoms with Crippen LogP contribution in [0.3, 0.4) is 0 Å². The number of nitrogens with one attached hydrogen (secondary N) is 1. The van der Waals surface area contributed by atoms with Crippen molar-refractivity contribution in [2.75, 3.05) is 31.7 Å². The highest BCUT2D eigenvalue weighted by atomic mass is 16.5. The van der Waals surface area contributed by atoms with Gasteiger partial charge in [0.2, 0.25) is 0 Å². The normalized spacial score (nSPS) is 16.9. The van der Waals surface area contributed by atoms with Crippen LogP contribution in [0.25, 0.3) is 0 Å². The van der Waals surface area contributed by atoms with Crippen LogP contribution in [0.4, 0.5) is 5.82 Å². The molecule has 0 unspecified atom stereocenters. The molecule has 0 radical (unpaired) electrons. The van der Waals surface area contributed by atoms with Crippen molar-refractivity contribution < 1.29 is 4.74 Å². The molecule has 1 fully saturated rings. The summed E-state index contributed by atoms with van der Waals surface area (Å²) in [5.41, 5.74) is 1.01. The fraction of sp³-hybridized carbons (Fsp3) is 0.733. The lowest BCUT2D eigenvalue weighted by molar-refractivity contribution is 0.139. The zero-order valence-corrected chi connectivity index (χ0v) is 12.8. The van der Waals surface area contributed by atoms with Gasteiger partial charge >= 0.3 is 0 Å². The topological polar surface area (TPSA) is 50.3 Å². The van der Waals surface area contributed by atoms with Crippen molar-refractivity contribution in [3.63, 3.8) is 0 Å². The van der Waals surface area contributed by atoms with E-state index in [-0.39, 0.29) is 0 Å². The number of ether oxygens (including phenoxy) is 1. The first-order chi connectivity index (χ1) is 9.69. The van der Waals surface area contributed by atoms with E-state index in [4.69, 9.17) is 9.72 Å². The third-order valence-electron chi connectivity index (χ3n) is 3.70. The summed E-state index contributed by atoms with van der Waals surface area (Å²) in [4.78, 5) is 11.4. The first kappa shape index (κ1) is 15.2. The minimum absolute atomic E-state index is 0.463. The van der Waals surface area contributed by atoms with Gasteiger partial charge in [0.25, 0.3) is 0 Å². The van der Waals surface area contributed by atoms with Crippen LogP contribution in [0.2, 0.25) is 0 Å². The predicted molar refractivity (Wildman–Crippen MR) is 80.8 cm³/mol. The van der Waals surface area contributed by atoms with Gasteiger partial charge in [0.05, 0.1) is 11.9 Å². The molecule has 1 aromatic rings. The maximum atomic E-state index is 5.24. The summed E-state index contributed by atoms with van der Waals surface area (Å²) >= 11 is 0. The summed E-state index contributed by atoms with van der Waals surface area (Å²) in [6.07, 6.45) is 6.06. The number of piperidine rings is 1. The van der Waals surface area contributed by atoms with Crippen LogP contribution in [0.15, 0.2) is 12.4 Å². The molecule has 0 saturated carbocycles. The van der Waals surface area contributed by atoms with Crippen LogP contribution in [-0.4, -0.2) is 42.8 Å². The standard InChI is InChI=1S/C15H26N4O/c1-12(2)17-9-14-8-16-10-15(18-14)19-6-4-13(5-7-19)11-20-3/h8,10,12-13,17H,4-7,9,11H2,1-3H3. The SMILES string of the molecule is COCC1CCN(c2cncc(CNC(C)C)n2)CC1. The lowest BCUT2D eigenvalue weighted by atomic mass is 9.98. The van der Waals surface area contributed by atoms with Crippen molar-refractivity contribution in [3.8, 4) is 0 Å². The van der Waals surface area contributed by atoms with E-state index in [9.17, 15) is 0 Å². The van der Waals surface area contributed by atoms with E-state index in [1.807, 2.05) is 12.4 Å². The molecule has 1 N–H and O–H groups in total. The molecule has 2 heterocycles. The van der Waals surface area contributed by atoms with Gasteiger partial charge in [-0.1, -0.05) is 13.8 Å². The molecule has 1 aliphatic rings. The highest BCUT2D eigenvalue weighted by Crippen LogP contribution is 2.21. The first-order valence-electron chi connectivity index (χ1n) is 7.47. The fourth-order valence-corrected chi connectivity index (χ4v) is 2.51. The minimum atomic E-state index is 0.463. The second-order valence-corrected chi connectivity index (χ2v) is 5.79. The Morgan fingerprint density at radius 2 is 2.10 bits per heavy atom. The molecule has 0 amide bonds. The quantitative estimate of drug-likeness (QED) is 0.860. The van der Waals surface area contributed by atoms with Crippen LogP contribution in [0, 0.1) is 5.92 Å². The van der Waals surface area contributed by atoms with Crippen LogP contribution in [-0.2, 0) is 11.3 Å². The monoisotopic (exact) mass is 278 g/mol. The third-order valence-corrected chi connectivity index (χ3v) is 3.70. The molecule has 0 spiro atoms. The Morgan fingerprint density at radius 3 is 2.75 bits per heavy atom. The first-order valence-corrected chi connectivity index (χ1v) is 7.47. The maximum absolute atomic E-state index is 5.24. The average Bonchev–Trinajstić information content (AvgIpc) is 2.47. The number of nitrogens with zero attached hydrogens (tertiary/aromatic N) is 3. The van der Waals surface area contributed by atoms with Crippen molar-refractivity contribution in [1.82, 2.24) is 15.3 Å². The summed E-state index contributed by atoms with van der Waals surface area (Å²) in [5, 5.41) is 3.38. The van der Waals surface area contributed by atoms with E-state index in [0.717, 1.165) is 37.8 Å². The molecule has 0 bridgehead atoms. The van der Waals surface area contributed by atoms with Gasteiger partial charge in [-0.3, -0.25) is 4.98 Å². The molecule has 0 aliphatic carbocycles. The number of rotatable bonds is 6. The molecule has 5 heteroatoms. The van der Waals surface area contributed by atoms with Crippen molar-refractivity contribution in [2.45, 2.75) is 39.3 Å². The summed E-state index contributed by atoms with van der Waals surface area (Å²) in [5.74, 6) is 1.69. The smallest absolute Gasteiger partial charge is 0.147 e. The molecular weight excluding hydrogens is 252 g/mol. The zero-order valence-electron chi connectivity index (χ0n) is 12.8. The number of methoxy groups -OCH3 is 1. The molecule has 112 valence electrons. The van der Waals surface area contributed by atoms with E-state index in [1.165, 1.54) is 12.8 Å². The number of hydrogen-bond donors (Lipinski definition) is 1. The largest absolute Gasteiger partial charge is 0.384 e. The number of aromatic nitrogens is 2. The Morgan fingerprint density at radius 1 is 1.35 bits per heavy atom. The van der Waals surface area contributed by atoms with Gasteiger partial charge < -0.3 is 15.0 Å². The van der Waals surface area contributed by atoms with Gasteiger partial charge in [-0.05, 0) is 18.8 Å². The molecule has 0 atom stereocenters. The van der Waals surface area contributed by atoms with Crippen LogP contribution in [0.1, 0.15) is 32.4 Å². The molecule has 2 rings (SSSR count). The summed E-state index contributed by atoms with van der Waals surface area (Å²) in [6, 6.07) is 0.463. The summed E-state index contributed by atoms with van der Waals surface area (Å²) in [7, 11) is 1.78. The average molecular weight is 278 g/mol. The molecular formula is C15H26N4O. The molecule has 5 nitrogen and oxygen atoms in total. The lowest BCUT2D eigenvalue weighted by Crippen LogP contribution is -2.35. The second-order valence-electron chi connectivity index (χ2n) is 5.79.